The summed E-state index contributed by atoms with van der Waals surface area (Å²) in [6, 6.07) is 8.96. The first-order valence-corrected chi connectivity index (χ1v) is 7.61. The maximum atomic E-state index is 12.3. The molecular weight excluding hydrogens is 278 g/mol. The Morgan fingerprint density at radius 2 is 1.80 bits per heavy atom. The minimum atomic E-state index is -3.80. The third-order valence-electron chi connectivity index (χ3n) is 2.57. The molecule has 110 valence electrons. The summed E-state index contributed by atoms with van der Waals surface area (Å²) >= 11 is 0. The number of carbonyl (C=O) groups is 1. The fourth-order valence-electron chi connectivity index (χ4n) is 1.63. The third-order valence-corrected chi connectivity index (χ3v) is 4.34. The number of carboxylic acids is 1. The molecule has 0 fully saturated rings. The smallest absolute Gasteiger partial charge is 0.318 e. The predicted molar refractivity (Wildman–Crippen MR) is 78.5 cm³/mol. The van der Waals surface area contributed by atoms with Gasteiger partial charge in [0, 0.05) is 10.9 Å². The molecule has 0 saturated heterocycles. The molecule has 5 nitrogen and oxygen atoms in total. The highest BCUT2D eigenvalue weighted by atomic mass is 32.2. The SMILES string of the molecule is CC(C)(C)N(CC(=O)O)S(=O)(=O)C=Cc1ccccc1. The van der Waals surface area contributed by atoms with Crippen LogP contribution in [0.4, 0.5) is 0 Å². The molecule has 1 N–H and O–H groups in total. The van der Waals surface area contributed by atoms with Gasteiger partial charge in [0.05, 0.1) is 0 Å². The van der Waals surface area contributed by atoms with E-state index in [1.807, 2.05) is 6.07 Å². The maximum Gasteiger partial charge on any atom is 0.318 e. The van der Waals surface area contributed by atoms with Crippen molar-refractivity contribution in [3.05, 3.63) is 41.3 Å². The van der Waals surface area contributed by atoms with Crippen molar-refractivity contribution >= 4 is 22.1 Å². The Hall–Kier alpha value is -1.66. The van der Waals surface area contributed by atoms with Gasteiger partial charge in [-0.05, 0) is 32.4 Å². The Kier molecular flexibility index (Phi) is 5.08. The second-order valence-corrected chi connectivity index (χ2v) is 7.07. The summed E-state index contributed by atoms with van der Waals surface area (Å²) in [6.07, 6.45) is 1.45. The Balaban J connectivity index is 3.06. The molecule has 1 rings (SSSR count). The van der Waals surface area contributed by atoms with Crippen LogP contribution < -0.4 is 0 Å². The van der Waals surface area contributed by atoms with Crippen LogP contribution in [0.15, 0.2) is 35.7 Å². The molecule has 0 spiro atoms. The number of carboxylic acid groups (broad SMARTS) is 1. The lowest BCUT2D eigenvalue weighted by Gasteiger charge is -2.31. The quantitative estimate of drug-likeness (QED) is 0.904. The molecule has 0 atom stereocenters. The number of hydrogen-bond donors (Lipinski definition) is 1. The van der Waals surface area contributed by atoms with Crippen LogP contribution in [0.1, 0.15) is 26.3 Å². The Morgan fingerprint density at radius 1 is 1.25 bits per heavy atom. The zero-order chi connectivity index (χ0) is 15.4. The number of hydrogen-bond acceptors (Lipinski definition) is 3. The lowest BCUT2D eigenvalue weighted by Crippen LogP contribution is -2.47. The molecule has 6 heteroatoms. The van der Waals surface area contributed by atoms with Gasteiger partial charge in [0.25, 0.3) is 0 Å². The molecule has 0 amide bonds. The molecule has 0 bridgehead atoms. The van der Waals surface area contributed by atoms with Gasteiger partial charge in [0.1, 0.15) is 6.54 Å². The summed E-state index contributed by atoms with van der Waals surface area (Å²) in [5, 5.41) is 9.90. The number of nitrogens with zero attached hydrogens (tertiary/aromatic N) is 1. The van der Waals surface area contributed by atoms with E-state index >= 15 is 0 Å². The van der Waals surface area contributed by atoms with Crippen LogP contribution in [-0.4, -0.2) is 35.9 Å². The van der Waals surface area contributed by atoms with E-state index in [0.29, 0.717) is 0 Å². The molecule has 0 aliphatic rings. The van der Waals surface area contributed by atoms with Crippen LogP contribution >= 0.6 is 0 Å². The van der Waals surface area contributed by atoms with Gasteiger partial charge in [0.2, 0.25) is 10.0 Å². The van der Waals surface area contributed by atoms with Gasteiger partial charge in [-0.1, -0.05) is 30.3 Å². The lowest BCUT2D eigenvalue weighted by molar-refractivity contribution is -0.138. The minimum Gasteiger partial charge on any atom is -0.480 e. The first kappa shape index (κ1) is 16.4. The maximum absolute atomic E-state index is 12.3. The van der Waals surface area contributed by atoms with Gasteiger partial charge in [-0.3, -0.25) is 4.79 Å². The topological polar surface area (TPSA) is 74.7 Å². The normalized spacial score (nSPS) is 13.0. The van der Waals surface area contributed by atoms with Gasteiger partial charge >= 0.3 is 5.97 Å². The third kappa shape index (κ3) is 4.79. The van der Waals surface area contributed by atoms with E-state index in [0.717, 1.165) is 15.3 Å². The highest BCUT2D eigenvalue weighted by molar-refractivity contribution is 7.92. The molecule has 0 aromatic heterocycles. The van der Waals surface area contributed by atoms with Crippen LogP contribution in [0, 0.1) is 0 Å². The first-order valence-electron chi connectivity index (χ1n) is 6.11. The highest BCUT2D eigenvalue weighted by Crippen LogP contribution is 2.19. The summed E-state index contributed by atoms with van der Waals surface area (Å²) in [5.41, 5.74) is -0.0709. The van der Waals surface area contributed by atoms with Crippen molar-refractivity contribution in [2.75, 3.05) is 6.54 Å². The first-order chi connectivity index (χ1) is 9.13. The highest BCUT2D eigenvalue weighted by Gasteiger charge is 2.32. The molecule has 1 aromatic rings. The van der Waals surface area contributed by atoms with Gasteiger partial charge in [-0.2, -0.15) is 4.31 Å². The number of sulfonamides is 1. The standard InChI is InChI=1S/C14H19NO4S/c1-14(2,3)15(11-13(16)17)20(18,19)10-9-12-7-5-4-6-8-12/h4-10H,11H2,1-3H3,(H,16,17). The van der Waals surface area contributed by atoms with E-state index in [1.165, 1.54) is 6.08 Å². The largest absolute Gasteiger partial charge is 0.480 e. The Bertz CT molecular complexity index is 585. The monoisotopic (exact) mass is 297 g/mol. The molecule has 0 aliphatic heterocycles. The van der Waals surface area contributed by atoms with Crippen molar-refractivity contribution < 1.29 is 18.3 Å². The predicted octanol–water partition coefficient (Wildman–Crippen LogP) is 2.17. The zero-order valence-corrected chi connectivity index (χ0v) is 12.6. The van der Waals surface area contributed by atoms with Gasteiger partial charge < -0.3 is 5.11 Å². The van der Waals surface area contributed by atoms with E-state index < -0.39 is 28.1 Å². The van der Waals surface area contributed by atoms with Crippen LogP contribution in [-0.2, 0) is 14.8 Å². The van der Waals surface area contributed by atoms with Crippen molar-refractivity contribution in [3.8, 4) is 0 Å². The van der Waals surface area contributed by atoms with Crippen LogP contribution in [0.25, 0.3) is 6.08 Å². The fraction of sp³-hybridized carbons (Fsp3) is 0.357. The van der Waals surface area contributed by atoms with Gasteiger partial charge in [-0.15, -0.1) is 0 Å². The van der Waals surface area contributed by atoms with Crippen molar-refractivity contribution in [3.63, 3.8) is 0 Å². The molecule has 0 saturated carbocycles. The molecule has 0 heterocycles. The number of benzene rings is 1. The summed E-state index contributed by atoms with van der Waals surface area (Å²) in [4.78, 5) is 10.8. The second kappa shape index (κ2) is 6.19. The van der Waals surface area contributed by atoms with Crippen LogP contribution in [0.5, 0.6) is 0 Å². The Morgan fingerprint density at radius 3 is 2.25 bits per heavy atom. The van der Waals surface area contributed by atoms with Crippen LogP contribution in [0.3, 0.4) is 0 Å². The van der Waals surface area contributed by atoms with E-state index in [4.69, 9.17) is 5.11 Å². The molecule has 20 heavy (non-hydrogen) atoms. The number of rotatable bonds is 5. The molecular formula is C14H19NO4S. The van der Waals surface area contributed by atoms with Gasteiger partial charge in [0.15, 0.2) is 0 Å². The van der Waals surface area contributed by atoms with Crippen molar-refractivity contribution in [2.45, 2.75) is 26.3 Å². The fourth-order valence-corrected chi connectivity index (χ4v) is 3.16. The zero-order valence-electron chi connectivity index (χ0n) is 11.8. The summed E-state index contributed by atoms with van der Waals surface area (Å²) < 4.78 is 25.5. The molecule has 0 radical (unpaired) electrons. The van der Waals surface area contributed by atoms with Crippen LogP contribution in [0.2, 0.25) is 0 Å². The van der Waals surface area contributed by atoms with E-state index in [1.54, 1.807) is 45.0 Å². The van der Waals surface area contributed by atoms with E-state index in [9.17, 15) is 13.2 Å². The molecule has 0 unspecified atom stereocenters. The summed E-state index contributed by atoms with van der Waals surface area (Å²) in [6.45, 7) is 4.41. The summed E-state index contributed by atoms with van der Waals surface area (Å²) in [5.74, 6) is -1.18. The van der Waals surface area contributed by atoms with Gasteiger partial charge in [-0.25, -0.2) is 8.42 Å². The molecule has 1 aromatic carbocycles. The summed E-state index contributed by atoms with van der Waals surface area (Å²) in [7, 11) is -3.80. The molecule has 0 aliphatic carbocycles. The van der Waals surface area contributed by atoms with Crippen molar-refractivity contribution in [1.29, 1.82) is 0 Å². The van der Waals surface area contributed by atoms with E-state index in [2.05, 4.69) is 0 Å². The average molecular weight is 297 g/mol. The van der Waals surface area contributed by atoms with Crippen molar-refractivity contribution in [2.24, 2.45) is 0 Å². The second-order valence-electron chi connectivity index (χ2n) is 5.33. The number of aliphatic carboxylic acids is 1. The average Bonchev–Trinajstić information content (AvgIpc) is 2.33. The lowest BCUT2D eigenvalue weighted by atomic mass is 10.1. The minimum absolute atomic E-state index is 0.565. The van der Waals surface area contributed by atoms with E-state index in [-0.39, 0.29) is 0 Å². The van der Waals surface area contributed by atoms with Crippen molar-refractivity contribution in [1.82, 2.24) is 4.31 Å². The Labute approximate surface area is 119 Å².